The van der Waals surface area contributed by atoms with Crippen LogP contribution in [0.25, 0.3) is 0 Å². The smallest absolute Gasteiger partial charge is 0.212 e. The van der Waals surface area contributed by atoms with Gasteiger partial charge in [-0.15, -0.1) is 11.6 Å². The van der Waals surface area contributed by atoms with Crippen LogP contribution in [0.1, 0.15) is 19.8 Å². The molecular weight excluding hydrogens is 254 g/mol. The summed E-state index contributed by atoms with van der Waals surface area (Å²) in [4.78, 5) is 0. The molecule has 1 unspecified atom stereocenters. The van der Waals surface area contributed by atoms with Crippen LogP contribution >= 0.6 is 23.4 Å². The summed E-state index contributed by atoms with van der Waals surface area (Å²) in [5.74, 6) is 2.61. The van der Waals surface area contributed by atoms with E-state index in [0.29, 0.717) is 18.8 Å². The van der Waals surface area contributed by atoms with Gasteiger partial charge in [-0.2, -0.15) is 16.1 Å². The fraction of sp³-hybridized carbons (Fsp3) is 1.00. The second-order valence-corrected chi connectivity index (χ2v) is 7.32. The first-order valence-electron chi connectivity index (χ1n) is 5.21. The number of sulfonamides is 1. The third kappa shape index (κ3) is 4.13. The van der Waals surface area contributed by atoms with Crippen LogP contribution in [0.4, 0.5) is 0 Å². The normalized spacial score (nSPS) is 24.3. The molecule has 0 aromatic heterocycles. The van der Waals surface area contributed by atoms with E-state index in [4.69, 9.17) is 11.6 Å². The molecule has 15 heavy (non-hydrogen) atoms. The van der Waals surface area contributed by atoms with E-state index in [1.807, 2.05) is 18.7 Å². The van der Waals surface area contributed by atoms with Gasteiger partial charge in [0, 0.05) is 30.0 Å². The van der Waals surface area contributed by atoms with Crippen LogP contribution in [0.5, 0.6) is 0 Å². The SMILES string of the molecule is CC1CSCCN1S(=O)(=O)CCCCCl. The zero-order valence-electron chi connectivity index (χ0n) is 8.99. The molecule has 0 amide bonds. The lowest BCUT2D eigenvalue weighted by molar-refractivity contribution is 0.367. The maximum absolute atomic E-state index is 11.9. The molecule has 1 atom stereocenters. The van der Waals surface area contributed by atoms with Gasteiger partial charge in [-0.3, -0.25) is 0 Å². The average molecular weight is 272 g/mol. The molecule has 6 heteroatoms. The zero-order valence-corrected chi connectivity index (χ0v) is 11.4. The topological polar surface area (TPSA) is 37.4 Å². The Labute approximate surface area is 102 Å². The van der Waals surface area contributed by atoms with Crippen molar-refractivity contribution in [2.45, 2.75) is 25.8 Å². The van der Waals surface area contributed by atoms with E-state index in [0.717, 1.165) is 17.9 Å². The Bertz CT molecular complexity index is 282. The van der Waals surface area contributed by atoms with Crippen molar-refractivity contribution in [1.82, 2.24) is 4.31 Å². The molecule has 0 spiro atoms. The highest BCUT2D eigenvalue weighted by Gasteiger charge is 2.28. The molecule has 1 saturated heterocycles. The number of hydrogen-bond acceptors (Lipinski definition) is 3. The predicted octanol–water partition coefficient (Wildman–Crippen LogP) is 1.77. The number of halogens is 1. The number of rotatable bonds is 5. The molecule has 0 aromatic rings. The molecule has 1 aliphatic heterocycles. The Morgan fingerprint density at radius 3 is 2.80 bits per heavy atom. The maximum atomic E-state index is 11.9. The van der Waals surface area contributed by atoms with E-state index in [-0.39, 0.29) is 11.8 Å². The van der Waals surface area contributed by atoms with Gasteiger partial charge in [0.15, 0.2) is 0 Å². The fourth-order valence-electron chi connectivity index (χ4n) is 1.62. The van der Waals surface area contributed by atoms with E-state index in [2.05, 4.69) is 0 Å². The molecular formula is C9H18ClNO2S2. The van der Waals surface area contributed by atoms with E-state index in [1.54, 1.807) is 4.31 Å². The molecule has 1 rings (SSSR count). The first-order valence-corrected chi connectivity index (χ1v) is 8.51. The third-order valence-electron chi connectivity index (χ3n) is 2.45. The van der Waals surface area contributed by atoms with Gasteiger partial charge in [-0.25, -0.2) is 8.42 Å². The van der Waals surface area contributed by atoms with E-state index in [9.17, 15) is 8.42 Å². The Morgan fingerprint density at radius 2 is 2.20 bits per heavy atom. The molecule has 0 aromatic carbocycles. The summed E-state index contributed by atoms with van der Waals surface area (Å²) >= 11 is 7.36. The number of alkyl halides is 1. The Morgan fingerprint density at radius 1 is 1.47 bits per heavy atom. The van der Waals surface area contributed by atoms with Crippen molar-refractivity contribution in [2.75, 3.05) is 29.7 Å². The first-order chi connectivity index (χ1) is 7.08. The fourth-order valence-corrected chi connectivity index (χ4v) is 4.83. The molecule has 90 valence electrons. The maximum Gasteiger partial charge on any atom is 0.214 e. The summed E-state index contributed by atoms with van der Waals surface area (Å²) in [5, 5.41) is 0. The summed E-state index contributed by atoms with van der Waals surface area (Å²) < 4.78 is 25.5. The lowest BCUT2D eigenvalue weighted by Crippen LogP contribution is -2.45. The zero-order chi connectivity index (χ0) is 11.3. The molecule has 0 N–H and O–H groups in total. The third-order valence-corrected chi connectivity index (χ3v) is 5.97. The quantitative estimate of drug-likeness (QED) is 0.565. The molecule has 0 radical (unpaired) electrons. The van der Waals surface area contributed by atoms with Gasteiger partial charge in [-0.05, 0) is 19.8 Å². The number of hydrogen-bond donors (Lipinski definition) is 0. The molecule has 1 heterocycles. The highest BCUT2D eigenvalue weighted by Crippen LogP contribution is 2.20. The molecule has 0 aliphatic carbocycles. The summed E-state index contributed by atoms with van der Waals surface area (Å²) in [6, 6.07) is 0.143. The minimum Gasteiger partial charge on any atom is -0.212 e. The Balaban J connectivity index is 2.51. The molecule has 1 aliphatic rings. The lowest BCUT2D eigenvalue weighted by Gasteiger charge is -2.31. The van der Waals surface area contributed by atoms with Crippen molar-refractivity contribution in [3.63, 3.8) is 0 Å². The van der Waals surface area contributed by atoms with Crippen LogP contribution in [-0.2, 0) is 10.0 Å². The van der Waals surface area contributed by atoms with Crippen LogP contribution in [0.3, 0.4) is 0 Å². The van der Waals surface area contributed by atoms with Gasteiger partial charge in [0.05, 0.1) is 5.75 Å². The number of unbranched alkanes of at least 4 members (excludes halogenated alkanes) is 1. The van der Waals surface area contributed by atoms with Crippen LogP contribution in [0.15, 0.2) is 0 Å². The Kier molecular flexibility index (Phi) is 5.74. The number of thioether (sulfide) groups is 1. The van der Waals surface area contributed by atoms with Gasteiger partial charge in [0.2, 0.25) is 10.0 Å². The van der Waals surface area contributed by atoms with Gasteiger partial charge in [0.25, 0.3) is 0 Å². The standard InChI is InChI=1S/C9H18ClNO2S2/c1-9-8-14-6-5-11(9)15(12,13)7-3-2-4-10/h9H,2-8H2,1H3. The second-order valence-electron chi connectivity index (χ2n) is 3.75. The van der Waals surface area contributed by atoms with Gasteiger partial charge >= 0.3 is 0 Å². The minimum atomic E-state index is -3.04. The van der Waals surface area contributed by atoms with E-state index >= 15 is 0 Å². The number of nitrogens with zero attached hydrogens (tertiary/aromatic N) is 1. The van der Waals surface area contributed by atoms with E-state index in [1.165, 1.54) is 0 Å². The first kappa shape index (κ1) is 13.6. The van der Waals surface area contributed by atoms with Crippen molar-refractivity contribution >= 4 is 33.4 Å². The van der Waals surface area contributed by atoms with Crippen molar-refractivity contribution in [3.8, 4) is 0 Å². The van der Waals surface area contributed by atoms with Crippen molar-refractivity contribution in [3.05, 3.63) is 0 Å². The Hall–Kier alpha value is 0.550. The summed E-state index contributed by atoms with van der Waals surface area (Å²) in [6.45, 7) is 2.64. The van der Waals surface area contributed by atoms with Crippen molar-refractivity contribution < 1.29 is 8.42 Å². The lowest BCUT2D eigenvalue weighted by atomic mass is 10.4. The van der Waals surface area contributed by atoms with Crippen molar-refractivity contribution in [1.29, 1.82) is 0 Å². The highest BCUT2D eigenvalue weighted by molar-refractivity contribution is 7.99. The van der Waals surface area contributed by atoms with Crippen LogP contribution < -0.4 is 0 Å². The highest BCUT2D eigenvalue weighted by atomic mass is 35.5. The monoisotopic (exact) mass is 271 g/mol. The average Bonchev–Trinajstić information content (AvgIpc) is 2.18. The molecule has 0 bridgehead atoms. The second kappa shape index (κ2) is 6.33. The van der Waals surface area contributed by atoms with Crippen LogP contribution in [0.2, 0.25) is 0 Å². The van der Waals surface area contributed by atoms with Crippen molar-refractivity contribution in [2.24, 2.45) is 0 Å². The predicted molar refractivity (Wildman–Crippen MR) is 67.2 cm³/mol. The van der Waals surface area contributed by atoms with Crippen LogP contribution in [-0.4, -0.2) is 48.4 Å². The summed E-state index contributed by atoms with van der Waals surface area (Å²) in [5.41, 5.74) is 0. The van der Waals surface area contributed by atoms with Gasteiger partial charge < -0.3 is 0 Å². The van der Waals surface area contributed by atoms with Crippen LogP contribution in [0, 0.1) is 0 Å². The minimum absolute atomic E-state index is 0.143. The van der Waals surface area contributed by atoms with E-state index < -0.39 is 10.0 Å². The summed E-state index contributed by atoms with van der Waals surface area (Å²) in [6.07, 6.45) is 1.44. The molecule has 3 nitrogen and oxygen atoms in total. The molecule has 1 fully saturated rings. The largest absolute Gasteiger partial charge is 0.214 e. The van der Waals surface area contributed by atoms with Gasteiger partial charge in [-0.1, -0.05) is 0 Å². The summed E-state index contributed by atoms with van der Waals surface area (Å²) in [7, 11) is -3.04. The van der Waals surface area contributed by atoms with Gasteiger partial charge in [0.1, 0.15) is 0 Å². The molecule has 0 saturated carbocycles.